The maximum atomic E-state index is 9.89. The zero-order chi connectivity index (χ0) is 18.7. The van der Waals surface area contributed by atoms with Crippen LogP contribution in [0, 0.1) is 6.92 Å². The molecule has 1 atom stereocenters. The van der Waals surface area contributed by atoms with Gasteiger partial charge in [0, 0.05) is 5.41 Å². The van der Waals surface area contributed by atoms with Crippen molar-refractivity contribution in [1.29, 1.82) is 0 Å². The van der Waals surface area contributed by atoms with Gasteiger partial charge in [-0.3, -0.25) is 0 Å². The first-order valence-corrected chi connectivity index (χ1v) is 8.76. The van der Waals surface area contributed by atoms with Crippen molar-refractivity contribution in [2.24, 2.45) is 0 Å². The SMILES string of the molecule is Cc1cc(C(C)(CCc2ccc(O)cc2)c2ccc(O)cc2)ccc1O. The molecule has 26 heavy (non-hydrogen) atoms. The lowest BCUT2D eigenvalue weighted by atomic mass is 9.72. The molecule has 0 saturated heterocycles. The summed E-state index contributed by atoms with van der Waals surface area (Å²) in [5.41, 5.74) is 3.96. The van der Waals surface area contributed by atoms with E-state index < -0.39 is 0 Å². The van der Waals surface area contributed by atoms with Gasteiger partial charge in [0.2, 0.25) is 0 Å². The topological polar surface area (TPSA) is 60.7 Å². The second-order valence-electron chi connectivity index (χ2n) is 7.05. The quantitative estimate of drug-likeness (QED) is 0.604. The second kappa shape index (κ2) is 7.12. The molecular weight excluding hydrogens is 324 g/mol. The van der Waals surface area contributed by atoms with Gasteiger partial charge in [-0.2, -0.15) is 0 Å². The van der Waals surface area contributed by atoms with Crippen molar-refractivity contribution in [2.45, 2.75) is 32.1 Å². The molecule has 0 aromatic heterocycles. The van der Waals surface area contributed by atoms with E-state index in [0.717, 1.165) is 35.1 Å². The number of aryl methyl sites for hydroxylation is 2. The molecule has 0 saturated carbocycles. The van der Waals surface area contributed by atoms with Crippen LogP contribution in [0.15, 0.2) is 66.7 Å². The number of benzene rings is 3. The van der Waals surface area contributed by atoms with Gasteiger partial charge in [-0.1, -0.05) is 43.3 Å². The minimum atomic E-state index is -0.274. The van der Waals surface area contributed by atoms with E-state index in [9.17, 15) is 15.3 Å². The fraction of sp³-hybridized carbons (Fsp3) is 0.217. The molecule has 134 valence electrons. The van der Waals surface area contributed by atoms with Crippen LogP contribution in [0.3, 0.4) is 0 Å². The second-order valence-corrected chi connectivity index (χ2v) is 7.05. The van der Waals surface area contributed by atoms with Crippen LogP contribution in [0.4, 0.5) is 0 Å². The van der Waals surface area contributed by atoms with Gasteiger partial charge in [0.25, 0.3) is 0 Å². The van der Waals surface area contributed by atoms with E-state index in [-0.39, 0.29) is 16.9 Å². The van der Waals surface area contributed by atoms with Crippen molar-refractivity contribution in [2.75, 3.05) is 0 Å². The maximum Gasteiger partial charge on any atom is 0.118 e. The highest BCUT2D eigenvalue weighted by Gasteiger charge is 2.29. The molecule has 0 spiro atoms. The molecular formula is C23H24O3. The lowest BCUT2D eigenvalue weighted by molar-refractivity contribution is 0.467. The number of phenols is 3. The molecule has 3 rings (SSSR count). The van der Waals surface area contributed by atoms with E-state index in [0.29, 0.717) is 5.75 Å². The average Bonchev–Trinajstić information content (AvgIpc) is 2.64. The highest BCUT2D eigenvalue weighted by molar-refractivity contribution is 5.45. The van der Waals surface area contributed by atoms with Gasteiger partial charge in [0.1, 0.15) is 17.2 Å². The first kappa shape index (κ1) is 17.9. The predicted molar refractivity (Wildman–Crippen MR) is 104 cm³/mol. The average molecular weight is 348 g/mol. The van der Waals surface area contributed by atoms with Gasteiger partial charge in [-0.15, -0.1) is 0 Å². The lowest BCUT2D eigenvalue weighted by Crippen LogP contribution is -2.24. The van der Waals surface area contributed by atoms with Crippen LogP contribution in [0.1, 0.15) is 35.6 Å². The van der Waals surface area contributed by atoms with Crippen LogP contribution in [0.25, 0.3) is 0 Å². The Hall–Kier alpha value is -2.94. The van der Waals surface area contributed by atoms with Crippen LogP contribution in [0.2, 0.25) is 0 Å². The number of phenolic OH excluding ortho intramolecular Hbond substituents is 3. The molecule has 3 nitrogen and oxygen atoms in total. The van der Waals surface area contributed by atoms with Crippen molar-refractivity contribution >= 4 is 0 Å². The Morgan fingerprint density at radius 2 is 1.27 bits per heavy atom. The van der Waals surface area contributed by atoms with Gasteiger partial charge >= 0.3 is 0 Å². The molecule has 0 fully saturated rings. The fourth-order valence-electron chi connectivity index (χ4n) is 3.34. The molecule has 3 N–H and O–H groups in total. The predicted octanol–water partition coefficient (Wildman–Crippen LogP) is 5.05. The van der Waals surface area contributed by atoms with E-state index in [4.69, 9.17) is 0 Å². The standard InChI is InChI=1S/C23H24O3/c1-16-15-19(7-12-22(16)26)23(2,18-5-10-21(25)11-6-18)14-13-17-3-8-20(24)9-4-17/h3-12,15,24-26H,13-14H2,1-2H3. The molecule has 0 bridgehead atoms. The molecule has 3 aromatic rings. The molecule has 3 heteroatoms. The number of aromatic hydroxyl groups is 3. The minimum Gasteiger partial charge on any atom is -0.508 e. The molecule has 0 aliphatic rings. The Morgan fingerprint density at radius 1 is 0.731 bits per heavy atom. The third kappa shape index (κ3) is 3.67. The monoisotopic (exact) mass is 348 g/mol. The molecule has 0 amide bonds. The maximum absolute atomic E-state index is 9.89. The van der Waals surface area contributed by atoms with E-state index in [2.05, 4.69) is 6.92 Å². The Balaban J connectivity index is 1.98. The summed E-state index contributed by atoms with van der Waals surface area (Å²) in [4.78, 5) is 0. The summed E-state index contributed by atoms with van der Waals surface area (Å²) in [6, 6.07) is 20.3. The molecule has 0 radical (unpaired) electrons. The highest BCUT2D eigenvalue weighted by Crippen LogP contribution is 2.38. The van der Waals surface area contributed by atoms with Gasteiger partial charge < -0.3 is 15.3 Å². The largest absolute Gasteiger partial charge is 0.508 e. The Labute approximate surface area is 154 Å². The molecule has 3 aromatic carbocycles. The number of hydrogen-bond acceptors (Lipinski definition) is 3. The van der Waals surface area contributed by atoms with Crippen molar-refractivity contribution in [3.05, 3.63) is 89.0 Å². The van der Waals surface area contributed by atoms with Crippen LogP contribution in [-0.2, 0) is 11.8 Å². The zero-order valence-electron chi connectivity index (χ0n) is 15.1. The van der Waals surface area contributed by atoms with Gasteiger partial charge in [-0.25, -0.2) is 0 Å². The van der Waals surface area contributed by atoms with Crippen LogP contribution in [0.5, 0.6) is 17.2 Å². The summed E-state index contributed by atoms with van der Waals surface area (Å²) in [6.07, 6.45) is 1.70. The van der Waals surface area contributed by atoms with Crippen molar-refractivity contribution in [3.8, 4) is 17.2 Å². The zero-order valence-corrected chi connectivity index (χ0v) is 15.1. The molecule has 0 aliphatic heterocycles. The minimum absolute atomic E-state index is 0.247. The third-order valence-electron chi connectivity index (χ3n) is 5.19. The summed E-state index contributed by atoms with van der Waals surface area (Å²) < 4.78 is 0. The van der Waals surface area contributed by atoms with Crippen molar-refractivity contribution in [3.63, 3.8) is 0 Å². The first-order valence-electron chi connectivity index (χ1n) is 8.76. The summed E-state index contributed by atoms with van der Waals surface area (Å²) >= 11 is 0. The summed E-state index contributed by atoms with van der Waals surface area (Å²) in [5.74, 6) is 0.807. The van der Waals surface area contributed by atoms with Crippen LogP contribution >= 0.6 is 0 Å². The molecule has 1 unspecified atom stereocenters. The molecule has 0 aliphatic carbocycles. The summed E-state index contributed by atoms with van der Waals surface area (Å²) in [6.45, 7) is 4.08. The third-order valence-corrected chi connectivity index (χ3v) is 5.19. The highest BCUT2D eigenvalue weighted by atomic mass is 16.3. The fourth-order valence-corrected chi connectivity index (χ4v) is 3.34. The smallest absolute Gasteiger partial charge is 0.118 e. The summed E-state index contributed by atoms with van der Waals surface area (Å²) in [7, 11) is 0. The van der Waals surface area contributed by atoms with Gasteiger partial charge in [0.15, 0.2) is 0 Å². The van der Waals surface area contributed by atoms with E-state index in [1.807, 2.05) is 43.3 Å². The van der Waals surface area contributed by atoms with Crippen LogP contribution in [-0.4, -0.2) is 15.3 Å². The number of rotatable bonds is 5. The van der Waals surface area contributed by atoms with E-state index >= 15 is 0 Å². The van der Waals surface area contributed by atoms with Gasteiger partial charge in [0.05, 0.1) is 0 Å². The summed E-state index contributed by atoms with van der Waals surface area (Å²) in [5, 5.41) is 29.0. The number of hydrogen-bond donors (Lipinski definition) is 3. The Bertz CT molecular complexity index is 882. The normalized spacial score (nSPS) is 13.3. The van der Waals surface area contributed by atoms with Gasteiger partial charge in [-0.05, 0) is 72.4 Å². The molecule has 0 heterocycles. The lowest BCUT2D eigenvalue weighted by Gasteiger charge is -2.32. The van der Waals surface area contributed by atoms with Crippen LogP contribution < -0.4 is 0 Å². The van der Waals surface area contributed by atoms with E-state index in [1.54, 1.807) is 30.3 Å². The van der Waals surface area contributed by atoms with Crippen molar-refractivity contribution in [1.82, 2.24) is 0 Å². The first-order chi connectivity index (χ1) is 12.4. The van der Waals surface area contributed by atoms with E-state index in [1.165, 1.54) is 0 Å². The van der Waals surface area contributed by atoms with Crippen molar-refractivity contribution < 1.29 is 15.3 Å². The Kier molecular flexibility index (Phi) is 4.90. The Morgan fingerprint density at radius 3 is 1.85 bits per heavy atom.